The van der Waals surface area contributed by atoms with Crippen LogP contribution < -0.4 is 0 Å². The van der Waals surface area contributed by atoms with E-state index in [1.54, 1.807) is 0 Å². The van der Waals surface area contributed by atoms with Crippen molar-refractivity contribution in [3.63, 3.8) is 0 Å². The van der Waals surface area contributed by atoms with Crippen molar-refractivity contribution in [3.8, 4) is 0 Å². The van der Waals surface area contributed by atoms with E-state index >= 15 is 0 Å². The Labute approximate surface area is 120 Å². The Balaban J connectivity index is 2.44. The molecule has 0 atom stereocenters. The maximum absolute atomic E-state index is 12.3. The molecule has 0 saturated heterocycles. The minimum atomic E-state index is -3.61. The number of hydrogen-bond acceptors (Lipinski definition) is 3. The van der Waals surface area contributed by atoms with Crippen LogP contribution in [-0.4, -0.2) is 13.7 Å². The predicted molar refractivity (Wildman–Crippen MR) is 73.5 cm³/mol. The molecule has 0 heterocycles. The van der Waals surface area contributed by atoms with Crippen molar-refractivity contribution in [1.29, 1.82) is 0 Å². The Morgan fingerprint density at radius 2 is 1.26 bits per heavy atom. The van der Waals surface area contributed by atoms with Crippen molar-refractivity contribution in [2.24, 2.45) is 0 Å². The third-order valence-corrected chi connectivity index (χ3v) is 4.77. The molecule has 0 aliphatic carbocycles. The summed E-state index contributed by atoms with van der Waals surface area (Å²) in [7, 11) is -3.61. The second kappa shape index (κ2) is 5.33. The lowest BCUT2D eigenvalue weighted by molar-refractivity contribution is 0.108. The Kier molecular flexibility index (Phi) is 3.94. The SMILES string of the molecule is O=C(Cl)c1ccc(S(=O)(=O)c2ccc(Cl)cc2)cc1. The summed E-state index contributed by atoms with van der Waals surface area (Å²) in [6, 6.07) is 11.3. The Bertz CT molecular complexity index is 705. The molecule has 2 rings (SSSR count). The molecule has 0 fully saturated rings. The van der Waals surface area contributed by atoms with E-state index in [0.717, 1.165) is 0 Å². The summed E-state index contributed by atoms with van der Waals surface area (Å²) in [6.07, 6.45) is 0. The van der Waals surface area contributed by atoms with Gasteiger partial charge in [0, 0.05) is 10.6 Å². The first-order valence-corrected chi connectivity index (χ1v) is 7.46. The van der Waals surface area contributed by atoms with Crippen molar-refractivity contribution in [3.05, 3.63) is 59.1 Å². The average molecular weight is 315 g/mol. The van der Waals surface area contributed by atoms with Crippen LogP contribution in [0.25, 0.3) is 0 Å². The van der Waals surface area contributed by atoms with Crippen LogP contribution in [0, 0.1) is 0 Å². The van der Waals surface area contributed by atoms with Crippen LogP contribution in [0.2, 0.25) is 5.02 Å². The van der Waals surface area contributed by atoms with Gasteiger partial charge >= 0.3 is 0 Å². The second-order valence-electron chi connectivity index (χ2n) is 3.76. The monoisotopic (exact) mass is 314 g/mol. The van der Waals surface area contributed by atoms with Gasteiger partial charge in [-0.3, -0.25) is 4.79 Å². The molecule has 0 bridgehead atoms. The predicted octanol–water partition coefficient (Wildman–Crippen LogP) is 3.55. The standard InChI is InChI=1S/C13H8Cl2O3S/c14-10-3-7-12(8-4-10)19(17,18)11-5-1-9(2-6-11)13(15)16/h1-8H. The molecule has 0 N–H and O–H groups in total. The fraction of sp³-hybridized carbons (Fsp3) is 0. The van der Waals surface area contributed by atoms with Gasteiger partial charge < -0.3 is 0 Å². The van der Waals surface area contributed by atoms with Crippen LogP contribution >= 0.6 is 23.2 Å². The largest absolute Gasteiger partial charge is 0.276 e. The van der Waals surface area contributed by atoms with E-state index in [-0.39, 0.29) is 15.4 Å². The quantitative estimate of drug-likeness (QED) is 0.814. The van der Waals surface area contributed by atoms with Crippen molar-refractivity contribution >= 4 is 38.3 Å². The molecule has 3 nitrogen and oxygen atoms in total. The zero-order valence-electron chi connectivity index (χ0n) is 9.51. The van der Waals surface area contributed by atoms with E-state index in [1.807, 2.05) is 0 Å². The van der Waals surface area contributed by atoms with Crippen LogP contribution in [0.15, 0.2) is 58.3 Å². The third kappa shape index (κ3) is 2.97. The fourth-order valence-electron chi connectivity index (χ4n) is 1.51. The van der Waals surface area contributed by atoms with Gasteiger partial charge in [-0.15, -0.1) is 0 Å². The molecular weight excluding hydrogens is 307 g/mol. The molecule has 0 aromatic heterocycles. The fourth-order valence-corrected chi connectivity index (χ4v) is 3.03. The minimum absolute atomic E-state index is 0.0940. The van der Waals surface area contributed by atoms with Gasteiger partial charge in [-0.1, -0.05) is 11.6 Å². The number of halogens is 2. The maximum Gasteiger partial charge on any atom is 0.252 e. The molecule has 2 aromatic carbocycles. The molecule has 0 aliphatic heterocycles. The highest BCUT2D eigenvalue weighted by Crippen LogP contribution is 2.22. The number of sulfone groups is 1. The zero-order valence-corrected chi connectivity index (χ0v) is 11.8. The van der Waals surface area contributed by atoms with Gasteiger partial charge in [0.25, 0.3) is 5.24 Å². The molecule has 19 heavy (non-hydrogen) atoms. The summed E-state index contributed by atoms with van der Waals surface area (Å²) in [6.45, 7) is 0. The summed E-state index contributed by atoms with van der Waals surface area (Å²) >= 11 is 11.0. The lowest BCUT2D eigenvalue weighted by atomic mass is 10.2. The van der Waals surface area contributed by atoms with Gasteiger partial charge in [0.1, 0.15) is 0 Å². The van der Waals surface area contributed by atoms with Gasteiger partial charge in [-0.25, -0.2) is 8.42 Å². The smallest absolute Gasteiger partial charge is 0.252 e. The number of benzene rings is 2. The minimum Gasteiger partial charge on any atom is -0.276 e. The first kappa shape index (κ1) is 14.1. The van der Waals surface area contributed by atoms with Crippen LogP contribution in [0.5, 0.6) is 0 Å². The van der Waals surface area contributed by atoms with Crippen LogP contribution in [0.4, 0.5) is 0 Å². The second-order valence-corrected chi connectivity index (χ2v) is 6.48. The molecule has 0 radical (unpaired) electrons. The van der Waals surface area contributed by atoms with Crippen molar-refractivity contribution in [1.82, 2.24) is 0 Å². The molecule has 0 aliphatic rings. The molecular formula is C13H8Cl2O3S. The van der Waals surface area contributed by atoms with Gasteiger partial charge in [-0.05, 0) is 60.1 Å². The number of carbonyl (C=O) groups excluding carboxylic acids is 1. The van der Waals surface area contributed by atoms with E-state index in [1.165, 1.54) is 48.5 Å². The Hall–Kier alpha value is -1.36. The van der Waals surface area contributed by atoms with Gasteiger partial charge in [-0.2, -0.15) is 0 Å². The average Bonchev–Trinajstić information content (AvgIpc) is 2.39. The van der Waals surface area contributed by atoms with E-state index in [4.69, 9.17) is 23.2 Å². The number of rotatable bonds is 3. The Morgan fingerprint density at radius 1 is 0.842 bits per heavy atom. The van der Waals surface area contributed by atoms with Crippen molar-refractivity contribution in [2.45, 2.75) is 9.79 Å². The number of carbonyl (C=O) groups is 1. The first-order chi connectivity index (χ1) is 8.91. The highest BCUT2D eigenvalue weighted by molar-refractivity contribution is 7.91. The van der Waals surface area contributed by atoms with Crippen molar-refractivity contribution < 1.29 is 13.2 Å². The first-order valence-electron chi connectivity index (χ1n) is 5.22. The Morgan fingerprint density at radius 3 is 1.68 bits per heavy atom. The van der Waals surface area contributed by atoms with E-state index in [9.17, 15) is 13.2 Å². The molecule has 6 heteroatoms. The van der Waals surface area contributed by atoms with Crippen LogP contribution in [0.3, 0.4) is 0 Å². The maximum atomic E-state index is 12.3. The molecule has 2 aromatic rings. The van der Waals surface area contributed by atoms with E-state index < -0.39 is 15.1 Å². The summed E-state index contributed by atoms with van der Waals surface area (Å²) in [5, 5.41) is -0.169. The number of hydrogen-bond donors (Lipinski definition) is 0. The molecule has 0 amide bonds. The lowest BCUT2D eigenvalue weighted by Gasteiger charge is -2.05. The van der Waals surface area contributed by atoms with E-state index in [0.29, 0.717) is 5.02 Å². The summed E-state index contributed by atoms with van der Waals surface area (Å²) in [5.41, 5.74) is 0.247. The molecule has 98 valence electrons. The third-order valence-electron chi connectivity index (χ3n) is 2.52. The molecule has 0 spiro atoms. The topological polar surface area (TPSA) is 51.2 Å². The van der Waals surface area contributed by atoms with Gasteiger partial charge in [0.15, 0.2) is 0 Å². The molecule has 0 saturated carbocycles. The normalized spacial score (nSPS) is 11.3. The zero-order chi connectivity index (χ0) is 14.0. The van der Waals surface area contributed by atoms with Gasteiger partial charge in [0.2, 0.25) is 9.84 Å². The van der Waals surface area contributed by atoms with Crippen LogP contribution in [0.1, 0.15) is 10.4 Å². The highest BCUT2D eigenvalue weighted by Gasteiger charge is 2.17. The van der Waals surface area contributed by atoms with E-state index in [2.05, 4.69) is 0 Å². The lowest BCUT2D eigenvalue weighted by Crippen LogP contribution is -2.02. The highest BCUT2D eigenvalue weighted by atomic mass is 35.5. The molecule has 0 unspecified atom stereocenters. The summed E-state index contributed by atoms with van der Waals surface area (Å²) < 4.78 is 24.5. The summed E-state index contributed by atoms with van der Waals surface area (Å²) in [5.74, 6) is 0. The summed E-state index contributed by atoms with van der Waals surface area (Å²) in [4.78, 5) is 11.1. The van der Waals surface area contributed by atoms with Crippen molar-refractivity contribution in [2.75, 3.05) is 0 Å². The van der Waals surface area contributed by atoms with Crippen LogP contribution in [-0.2, 0) is 9.84 Å². The van der Waals surface area contributed by atoms with Gasteiger partial charge in [0.05, 0.1) is 9.79 Å².